The smallest absolute Gasteiger partial charge is 0.117 e. The summed E-state index contributed by atoms with van der Waals surface area (Å²) in [6.07, 6.45) is 6.20. The van der Waals surface area contributed by atoms with Gasteiger partial charge in [0.15, 0.2) is 0 Å². The Morgan fingerprint density at radius 1 is 1.56 bits per heavy atom. The summed E-state index contributed by atoms with van der Waals surface area (Å²) in [5.74, 6) is 0.996. The summed E-state index contributed by atoms with van der Waals surface area (Å²) in [4.78, 5) is 2.38. The third-order valence-electron chi connectivity index (χ3n) is 3.68. The van der Waals surface area contributed by atoms with E-state index in [9.17, 15) is 5.11 Å². The highest BCUT2D eigenvalue weighted by Crippen LogP contribution is 2.34. The van der Waals surface area contributed by atoms with Crippen LogP contribution >= 0.6 is 0 Å². The van der Waals surface area contributed by atoms with Crippen molar-refractivity contribution in [3.8, 4) is 0 Å². The van der Waals surface area contributed by atoms with Crippen LogP contribution in [0.5, 0.6) is 0 Å². The summed E-state index contributed by atoms with van der Waals surface area (Å²) >= 11 is 0. The van der Waals surface area contributed by atoms with Gasteiger partial charge in [0.2, 0.25) is 0 Å². The molecule has 0 aliphatic carbocycles. The van der Waals surface area contributed by atoms with Crippen LogP contribution in [0.1, 0.15) is 38.4 Å². The van der Waals surface area contributed by atoms with Gasteiger partial charge in [-0.25, -0.2) is 0 Å². The van der Waals surface area contributed by atoms with Gasteiger partial charge in [0, 0.05) is 5.54 Å². The Morgan fingerprint density at radius 3 is 3.06 bits per heavy atom. The number of likely N-dealkylation sites (tertiary alicyclic amines) is 1. The molecular formula is C13H21NO2. The Labute approximate surface area is 97.1 Å². The highest BCUT2D eigenvalue weighted by Gasteiger charge is 2.39. The van der Waals surface area contributed by atoms with Gasteiger partial charge in [-0.3, -0.25) is 4.90 Å². The molecule has 1 atom stereocenters. The van der Waals surface area contributed by atoms with E-state index in [1.807, 2.05) is 12.1 Å². The van der Waals surface area contributed by atoms with E-state index in [1.165, 1.54) is 6.42 Å². The summed E-state index contributed by atoms with van der Waals surface area (Å²) < 4.78 is 5.39. The van der Waals surface area contributed by atoms with Crippen LogP contribution in [0.2, 0.25) is 0 Å². The first-order chi connectivity index (χ1) is 7.80. The summed E-state index contributed by atoms with van der Waals surface area (Å²) in [5, 5.41) is 9.67. The average Bonchev–Trinajstić information content (AvgIpc) is 2.91. The third kappa shape index (κ3) is 2.15. The first-order valence-corrected chi connectivity index (χ1v) is 6.19. The molecule has 0 amide bonds. The van der Waals surface area contributed by atoms with E-state index >= 15 is 0 Å². The molecule has 0 aromatic carbocycles. The number of aliphatic hydroxyl groups excluding tert-OH is 1. The molecule has 3 heteroatoms. The van der Waals surface area contributed by atoms with E-state index in [0.29, 0.717) is 0 Å². The van der Waals surface area contributed by atoms with Gasteiger partial charge in [-0.15, -0.1) is 0 Å². The Balaban J connectivity index is 2.07. The zero-order chi connectivity index (χ0) is 11.4. The average molecular weight is 223 g/mol. The number of furan rings is 1. The first-order valence-electron chi connectivity index (χ1n) is 6.19. The largest absolute Gasteiger partial charge is 0.468 e. The molecule has 1 aliphatic rings. The molecule has 90 valence electrons. The van der Waals surface area contributed by atoms with E-state index in [2.05, 4.69) is 11.8 Å². The van der Waals surface area contributed by atoms with Crippen LogP contribution in [-0.2, 0) is 6.54 Å². The van der Waals surface area contributed by atoms with Crippen LogP contribution in [0.15, 0.2) is 22.8 Å². The molecule has 2 heterocycles. The van der Waals surface area contributed by atoms with Crippen molar-refractivity contribution in [2.75, 3.05) is 13.2 Å². The third-order valence-corrected chi connectivity index (χ3v) is 3.68. The lowest BCUT2D eigenvalue weighted by Crippen LogP contribution is -2.46. The zero-order valence-corrected chi connectivity index (χ0v) is 9.98. The Bertz CT molecular complexity index is 310. The topological polar surface area (TPSA) is 36.6 Å². The Kier molecular flexibility index (Phi) is 3.66. The van der Waals surface area contributed by atoms with Gasteiger partial charge < -0.3 is 9.52 Å². The molecule has 1 aromatic rings. The molecule has 1 N–H and O–H groups in total. The fraction of sp³-hybridized carbons (Fsp3) is 0.692. The predicted molar refractivity (Wildman–Crippen MR) is 63.1 cm³/mol. The van der Waals surface area contributed by atoms with Gasteiger partial charge in [-0.1, -0.05) is 13.3 Å². The van der Waals surface area contributed by atoms with E-state index in [-0.39, 0.29) is 12.1 Å². The van der Waals surface area contributed by atoms with Crippen molar-refractivity contribution < 1.29 is 9.52 Å². The van der Waals surface area contributed by atoms with Gasteiger partial charge in [0.25, 0.3) is 0 Å². The molecule has 0 saturated carbocycles. The monoisotopic (exact) mass is 223 g/mol. The lowest BCUT2D eigenvalue weighted by molar-refractivity contribution is 0.0457. The molecule has 1 aliphatic heterocycles. The number of rotatable bonds is 5. The van der Waals surface area contributed by atoms with Gasteiger partial charge in [-0.05, 0) is 37.9 Å². The lowest BCUT2D eigenvalue weighted by Gasteiger charge is -2.36. The van der Waals surface area contributed by atoms with Crippen molar-refractivity contribution in [3.63, 3.8) is 0 Å². The molecule has 2 rings (SSSR count). The quantitative estimate of drug-likeness (QED) is 0.832. The van der Waals surface area contributed by atoms with Gasteiger partial charge >= 0.3 is 0 Å². The van der Waals surface area contributed by atoms with Crippen molar-refractivity contribution in [1.82, 2.24) is 4.90 Å². The van der Waals surface area contributed by atoms with Gasteiger partial charge in [-0.2, -0.15) is 0 Å². The molecule has 0 bridgehead atoms. The van der Waals surface area contributed by atoms with E-state index < -0.39 is 0 Å². The molecule has 16 heavy (non-hydrogen) atoms. The summed E-state index contributed by atoms with van der Waals surface area (Å²) in [7, 11) is 0. The van der Waals surface area contributed by atoms with Crippen LogP contribution in [-0.4, -0.2) is 28.7 Å². The van der Waals surface area contributed by atoms with Crippen LogP contribution in [0, 0.1) is 0 Å². The Hall–Kier alpha value is -0.800. The van der Waals surface area contributed by atoms with Crippen LogP contribution in [0.4, 0.5) is 0 Å². The van der Waals surface area contributed by atoms with Crippen LogP contribution in [0.25, 0.3) is 0 Å². The minimum Gasteiger partial charge on any atom is -0.468 e. The van der Waals surface area contributed by atoms with Crippen molar-refractivity contribution in [2.45, 2.75) is 44.7 Å². The molecule has 3 nitrogen and oxygen atoms in total. The van der Waals surface area contributed by atoms with Crippen molar-refractivity contribution in [3.05, 3.63) is 24.2 Å². The standard InChI is InChI=1S/C13H21NO2/c1-2-6-13(11-15)7-4-8-14(13)10-12-5-3-9-16-12/h3,5,9,15H,2,4,6-8,10-11H2,1H3. The molecule has 1 saturated heterocycles. The van der Waals surface area contributed by atoms with E-state index in [0.717, 1.165) is 38.1 Å². The molecular weight excluding hydrogens is 202 g/mol. The SMILES string of the molecule is CCCC1(CO)CCCN1Cc1ccco1. The molecule has 1 aromatic heterocycles. The number of hydrogen-bond donors (Lipinski definition) is 1. The maximum absolute atomic E-state index is 9.67. The second-order valence-corrected chi connectivity index (χ2v) is 4.74. The predicted octanol–water partition coefficient (Wildman–Crippen LogP) is 2.41. The number of nitrogens with zero attached hydrogens (tertiary/aromatic N) is 1. The normalized spacial score (nSPS) is 26.4. The lowest BCUT2D eigenvalue weighted by atomic mass is 9.91. The molecule has 1 fully saturated rings. The summed E-state index contributed by atoms with van der Waals surface area (Å²) in [6, 6.07) is 3.93. The fourth-order valence-corrected chi connectivity index (χ4v) is 2.84. The molecule has 0 spiro atoms. The second kappa shape index (κ2) is 5.02. The van der Waals surface area contributed by atoms with Crippen molar-refractivity contribution >= 4 is 0 Å². The molecule has 1 unspecified atom stereocenters. The maximum atomic E-state index is 9.67. The van der Waals surface area contributed by atoms with Gasteiger partial charge in [0.05, 0.1) is 19.4 Å². The zero-order valence-electron chi connectivity index (χ0n) is 9.98. The fourth-order valence-electron chi connectivity index (χ4n) is 2.84. The minimum absolute atomic E-state index is 0.00153. The summed E-state index contributed by atoms with van der Waals surface area (Å²) in [6.45, 7) is 4.34. The van der Waals surface area contributed by atoms with E-state index in [1.54, 1.807) is 6.26 Å². The van der Waals surface area contributed by atoms with E-state index in [4.69, 9.17) is 4.42 Å². The van der Waals surface area contributed by atoms with Crippen LogP contribution < -0.4 is 0 Å². The number of hydrogen-bond acceptors (Lipinski definition) is 3. The maximum Gasteiger partial charge on any atom is 0.117 e. The highest BCUT2D eigenvalue weighted by atomic mass is 16.3. The second-order valence-electron chi connectivity index (χ2n) is 4.74. The highest BCUT2D eigenvalue weighted by molar-refractivity contribution is 5.02. The van der Waals surface area contributed by atoms with Crippen molar-refractivity contribution in [1.29, 1.82) is 0 Å². The molecule has 0 radical (unpaired) electrons. The number of aliphatic hydroxyl groups is 1. The van der Waals surface area contributed by atoms with Crippen molar-refractivity contribution in [2.24, 2.45) is 0 Å². The Morgan fingerprint density at radius 2 is 2.44 bits per heavy atom. The minimum atomic E-state index is 0.00153. The first kappa shape index (κ1) is 11.7. The summed E-state index contributed by atoms with van der Waals surface area (Å²) in [5.41, 5.74) is 0.00153. The van der Waals surface area contributed by atoms with Gasteiger partial charge in [0.1, 0.15) is 5.76 Å². The van der Waals surface area contributed by atoms with Crippen LogP contribution in [0.3, 0.4) is 0 Å².